The Hall–Kier alpha value is -1.77. The molecule has 2 aromatic rings. The fraction of sp³-hybridized carbons (Fsp3) is 0.308. The second-order valence-electron chi connectivity index (χ2n) is 4.98. The van der Waals surface area contributed by atoms with Crippen LogP contribution in [0, 0.1) is 0 Å². The summed E-state index contributed by atoms with van der Waals surface area (Å²) in [5.74, 6) is -0.902. The smallest absolute Gasteiger partial charge is 0.352 e. The number of hydrogen-bond acceptors (Lipinski definition) is 1. The largest absolute Gasteiger partial charge is 0.477 e. The highest BCUT2D eigenvalue weighted by Crippen LogP contribution is 2.33. The molecule has 0 unspecified atom stereocenters. The zero-order valence-corrected chi connectivity index (χ0v) is 9.66. The molecule has 16 heavy (non-hydrogen) atoms. The maximum absolute atomic E-state index is 11.2. The van der Waals surface area contributed by atoms with E-state index in [1.54, 1.807) is 0 Å². The zero-order valence-electron chi connectivity index (χ0n) is 9.66. The second kappa shape index (κ2) is 3.37. The molecule has 0 amide bonds. The summed E-state index contributed by atoms with van der Waals surface area (Å²) in [5, 5.41) is 10.2. The van der Waals surface area contributed by atoms with Crippen LogP contribution < -0.4 is 0 Å². The van der Waals surface area contributed by atoms with Crippen LogP contribution in [0.1, 0.15) is 36.8 Å². The van der Waals surface area contributed by atoms with E-state index >= 15 is 0 Å². The third kappa shape index (κ3) is 1.58. The normalized spacial score (nSPS) is 11.9. The summed E-state index contributed by atoms with van der Waals surface area (Å²) < 4.78 is 0. The lowest BCUT2D eigenvalue weighted by molar-refractivity contribution is 0.0689. The van der Waals surface area contributed by atoms with Crippen LogP contribution in [0.3, 0.4) is 0 Å². The molecule has 0 aliphatic carbocycles. The molecule has 0 radical (unpaired) electrons. The fourth-order valence-electron chi connectivity index (χ4n) is 2.08. The molecular weight excluding hydrogens is 202 g/mol. The highest BCUT2D eigenvalue weighted by atomic mass is 16.4. The number of para-hydroxylation sites is 1. The number of aromatic carboxylic acids is 1. The number of aromatic amines is 1. The van der Waals surface area contributed by atoms with Gasteiger partial charge in [0.1, 0.15) is 5.69 Å². The quantitative estimate of drug-likeness (QED) is 0.770. The van der Waals surface area contributed by atoms with Gasteiger partial charge in [-0.05, 0) is 17.0 Å². The maximum atomic E-state index is 11.2. The molecule has 0 atom stereocenters. The topological polar surface area (TPSA) is 53.1 Å². The third-order valence-corrected chi connectivity index (χ3v) is 2.67. The fourth-order valence-corrected chi connectivity index (χ4v) is 2.08. The number of H-pyrrole nitrogens is 1. The Morgan fingerprint density at radius 1 is 1.25 bits per heavy atom. The molecule has 0 spiro atoms. The van der Waals surface area contributed by atoms with Gasteiger partial charge in [-0.3, -0.25) is 0 Å². The molecule has 3 nitrogen and oxygen atoms in total. The number of fused-ring (bicyclic) bond motifs is 1. The molecule has 2 rings (SSSR count). The Labute approximate surface area is 94.1 Å². The van der Waals surface area contributed by atoms with E-state index in [2.05, 4.69) is 4.98 Å². The summed E-state index contributed by atoms with van der Waals surface area (Å²) in [4.78, 5) is 14.2. The van der Waals surface area contributed by atoms with Crippen molar-refractivity contribution in [3.63, 3.8) is 0 Å². The van der Waals surface area contributed by atoms with Crippen LogP contribution in [0.2, 0.25) is 0 Å². The Morgan fingerprint density at radius 3 is 2.44 bits per heavy atom. The van der Waals surface area contributed by atoms with Gasteiger partial charge < -0.3 is 10.1 Å². The molecule has 1 heterocycles. The van der Waals surface area contributed by atoms with Gasteiger partial charge in [0.25, 0.3) is 0 Å². The molecule has 1 aromatic heterocycles. The van der Waals surface area contributed by atoms with Gasteiger partial charge in [-0.25, -0.2) is 4.79 Å². The molecule has 2 N–H and O–H groups in total. The van der Waals surface area contributed by atoms with Crippen molar-refractivity contribution in [2.75, 3.05) is 0 Å². The van der Waals surface area contributed by atoms with Crippen molar-refractivity contribution in [3.8, 4) is 0 Å². The lowest BCUT2D eigenvalue weighted by atomic mass is 9.85. The molecule has 3 heteroatoms. The average Bonchev–Trinajstić information content (AvgIpc) is 2.55. The van der Waals surface area contributed by atoms with Crippen molar-refractivity contribution in [2.45, 2.75) is 26.2 Å². The van der Waals surface area contributed by atoms with Crippen LogP contribution in [-0.4, -0.2) is 16.1 Å². The molecule has 0 bridgehead atoms. The molecule has 0 saturated heterocycles. The van der Waals surface area contributed by atoms with Crippen molar-refractivity contribution in [3.05, 3.63) is 35.5 Å². The van der Waals surface area contributed by atoms with E-state index in [1.165, 1.54) is 0 Å². The second-order valence-corrected chi connectivity index (χ2v) is 4.98. The Bertz CT molecular complexity index is 547. The Balaban J connectivity index is 2.85. The standard InChI is InChI=1S/C13H15NO2/c1-13(2,3)10-8-6-4-5-7-9(8)14-11(10)12(15)16/h4-7,14H,1-3H3,(H,15,16). The molecule has 0 fully saturated rings. The number of benzene rings is 1. The van der Waals surface area contributed by atoms with Gasteiger partial charge in [0, 0.05) is 10.9 Å². The van der Waals surface area contributed by atoms with E-state index in [4.69, 9.17) is 0 Å². The predicted octanol–water partition coefficient (Wildman–Crippen LogP) is 3.16. The van der Waals surface area contributed by atoms with Gasteiger partial charge in [-0.2, -0.15) is 0 Å². The van der Waals surface area contributed by atoms with Gasteiger partial charge in [-0.15, -0.1) is 0 Å². The zero-order chi connectivity index (χ0) is 11.9. The Kier molecular flexibility index (Phi) is 2.26. The number of hydrogen-bond donors (Lipinski definition) is 2. The first kappa shape index (κ1) is 10.7. The van der Waals surface area contributed by atoms with Crippen molar-refractivity contribution in [1.29, 1.82) is 0 Å². The molecule has 0 aliphatic heterocycles. The predicted molar refractivity (Wildman–Crippen MR) is 64.0 cm³/mol. The minimum absolute atomic E-state index is 0.187. The summed E-state index contributed by atoms with van der Waals surface area (Å²) in [6.07, 6.45) is 0. The highest BCUT2D eigenvalue weighted by molar-refractivity contribution is 5.98. The minimum Gasteiger partial charge on any atom is -0.477 e. The van der Waals surface area contributed by atoms with Gasteiger partial charge in [-0.1, -0.05) is 39.0 Å². The number of carbonyl (C=O) groups is 1. The van der Waals surface area contributed by atoms with E-state index < -0.39 is 5.97 Å². The van der Waals surface area contributed by atoms with Crippen LogP contribution >= 0.6 is 0 Å². The molecule has 0 saturated carbocycles. The van der Waals surface area contributed by atoms with Gasteiger partial charge in [0.15, 0.2) is 0 Å². The lowest BCUT2D eigenvalue weighted by Gasteiger charge is -2.19. The van der Waals surface area contributed by atoms with Crippen LogP contribution in [0.5, 0.6) is 0 Å². The van der Waals surface area contributed by atoms with E-state index in [-0.39, 0.29) is 5.41 Å². The molecule has 1 aromatic carbocycles. The van der Waals surface area contributed by atoms with E-state index in [9.17, 15) is 9.90 Å². The first-order valence-corrected chi connectivity index (χ1v) is 5.26. The maximum Gasteiger partial charge on any atom is 0.352 e. The summed E-state index contributed by atoms with van der Waals surface area (Å²) in [6, 6.07) is 7.68. The van der Waals surface area contributed by atoms with E-state index in [0.29, 0.717) is 5.69 Å². The molecule has 84 valence electrons. The van der Waals surface area contributed by atoms with Crippen LogP contribution in [0.15, 0.2) is 24.3 Å². The summed E-state index contributed by atoms with van der Waals surface area (Å²) >= 11 is 0. The van der Waals surface area contributed by atoms with E-state index in [0.717, 1.165) is 16.5 Å². The summed E-state index contributed by atoms with van der Waals surface area (Å²) in [7, 11) is 0. The number of carboxylic acids is 1. The van der Waals surface area contributed by atoms with Crippen LogP contribution in [0.4, 0.5) is 0 Å². The highest BCUT2D eigenvalue weighted by Gasteiger charge is 2.26. The number of carboxylic acid groups (broad SMARTS) is 1. The van der Waals surface area contributed by atoms with Crippen molar-refractivity contribution in [1.82, 2.24) is 4.98 Å². The Morgan fingerprint density at radius 2 is 1.88 bits per heavy atom. The molecule has 0 aliphatic rings. The van der Waals surface area contributed by atoms with Crippen molar-refractivity contribution in [2.24, 2.45) is 0 Å². The third-order valence-electron chi connectivity index (χ3n) is 2.67. The van der Waals surface area contributed by atoms with Crippen LogP contribution in [-0.2, 0) is 5.41 Å². The van der Waals surface area contributed by atoms with Crippen LogP contribution in [0.25, 0.3) is 10.9 Å². The average molecular weight is 217 g/mol. The van der Waals surface area contributed by atoms with Gasteiger partial charge >= 0.3 is 5.97 Å². The SMILES string of the molecule is CC(C)(C)c1c(C(=O)O)[nH]c2ccccc12. The summed E-state index contributed by atoms with van der Waals surface area (Å²) in [6.45, 7) is 6.07. The first-order chi connectivity index (χ1) is 7.41. The lowest BCUT2D eigenvalue weighted by Crippen LogP contribution is -2.15. The minimum atomic E-state index is -0.902. The molecular formula is C13H15NO2. The monoisotopic (exact) mass is 217 g/mol. The number of nitrogens with one attached hydrogen (secondary N) is 1. The van der Waals surface area contributed by atoms with Crippen molar-refractivity contribution >= 4 is 16.9 Å². The van der Waals surface area contributed by atoms with Gasteiger partial charge in [0.05, 0.1) is 0 Å². The van der Waals surface area contributed by atoms with Crippen molar-refractivity contribution < 1.29 is 9.90 Å². The number of aromatic nitrogens is 1. The summed E-state index contributed by atoms with van der Waals surface area (Å²) in [5.41, 5.74) is 1.86. The number of rotatable bonds is 1. The van der Waals surface area contributed by atoms with E-state index in [1.807, 2.05) is 45.0 Å². The van der Waals surface area contributed by atoms with Gasteiger partial charge in [0.2, 0.25) is 0 Å². The first-order valence-electron chi connectivity index (χ1n) is 5.26.